The smallest absolute Gasteiger partial charge is 0.246 e. The Labute approximate surface area is 149 Å². The van der Waals surface area contributed by atoms with Gasteiger partial charge in [0.15, 0.2) is 0 Å². The van der Waals surface area contributed by atoms with Gasteiger partial charge in [-0.1, -0.05) is 79.9 Å². The second kappa shape index (κ2) is 7.22. The predicted octanol–water partition coefficient (Wildman–Crippen LogP) is 4.94. The van der Waals surface area contributed by atoms with Gasteiger partial charge in [0.1, 0.15) is 0 Å². The summed E-state index contributed by atoms with van der Waals surface area (Å²) >= 11 is 0. The molecule has 1 unspecified atom stereocenters. The molecule has 2 aliphatic rings. The van der Waals surface area contributed by atoms with Crippen LogP contribution in [0.2, 0.25) is 0 Å². The molecule has 1 heterocycles. The van der Waals surface area contributed by atoms with Crippen molar-refractivity contribution in [3.8, 4) is 0 Å². The number of benzene rings is 2. The van der Waals surface area contributed by atoms with Gasteiger partial charge in [-0.2, -0.15) is 5.10 Å². The van der Waals surface area contributed by atoms with E-state index in [1.807, 2.05) is 36.4 Å². The van der Waals surface area contributed by atoms with E-state index < -0.39 is 0 Å². The van der Waals surface area contributed by atoms with Crippen molar-refractivity contribution in [3.05, 3.63) is 71.8 Å². The van der Waals surface area contributed by atoms with E-state index in [0.717, 1.165) is 43.4 Å². The van der Waals surface area contributed by atoms with E-state index in [1.165, 1.54) is 12.0 Å². The third kappa shape index (κ3) is 3.37. The van der Waals surface area contributed by atoms with Crippen LogP contribution in [-0.2, 0) is 4.79 Å². The third-order valence-corrected chi connectivity index (χ3v) is 5.38. The van der Waals surface area contributed by atoms with E-state index in [-0.39, 0.29) is 17.9 Å². The van der Waals surface area contributed by atoms with Gasteiger partial charge in [-0.15, -0.1) is 0 Å². The fraction of sp³-hybridized carbons (Fsp3) is 0.364. The number of carbonyl (C=O) groups excluding carboxylic acids is 1. The molecule has 25 heavy (non-hydrogen) atoms. The summed E-state index contributed by atoms with van der Waals surface area (Å²) in [6.45, 7) is 0. The summed E-state index contributed by atoms with van der Waals surface area (Å²) in [5.74, 6) is 0.346. The van der Waals surface area contributed by atoms with Crippen LogP contribution >= 0.6 is 0 Å². The predicted molar refractivity (Wildman–Crippen MR) is 100 cm³/mol. The molecule has 0 radical (unpaired) electrons. The Bertz CT molecular complexity index is 748. The fourth-order valence-electron chi connectivity index (χ4n) is 3.99. The zero-order valence-corrected chi connectivity index (χ0v) is 14.5. The molecule has 0 saturated heterocycles. The van der Waals surface area contributed by atoms with E-state index in [4.69, 9.17) is 5.10 Å². The highest BCUT2D eigenvalue weighted by atomic mass is 16.2. The van der Waals surface area contributed by atoms with Crippen molar-refractivity contribution in [2.24, 2.45) is 11.0 Å². The molecule has 1 amide bonds. The summed E-state index contributed by atoms with van der Waals surface area (Å²) in [5, 5.41) is 6.58. The number of carbonyl (C=O) groups is 1. The fourth-order valence-corrected chi connectivity index (χ4v) is 3.99. The number of hydrogen-bond acceptors (Lipinski definition) is 2. The van der Waals surface area contributed by atoms with Crippen molar-refractivity contribution in [2.75, 3.05) is 0 Å². The molecule has 1 atom stereocenters. The van der Waals surface area contributed by atoms with Crippen LogP contribution in [0.5, 0.6) is 0 Å². The maximum Gasteiger partial charge on any atom is 0.246 e. The average Bonchev–Trinajstić information content (AvgIpc) is 3.15. The summed E-state index contributed by atoms with van der Waals surface area (Å²) in [5.41, 5.74) is 3.29. The number of hydrazone groups is 1. The van der Waals surface area contributed by atoms with Crippen LogP contribution in [0.25, 0.3) is 0 Å². The molecule has 0 bridgehead atoms. The first-order valence-electron chi connectivity index (χ1n) is 9.34. The molecule has 0 spiro atoms. The SMILES string of the molecule is O=C(C1CCCCC1)N1N=C(c2ccccc2)CC1c1ccccc1. The standard InChI is InChI=1S/C22H24N2O/c25-22(19-14-8-3-9-15-19)24-21(18-12-6-2-7-13-18)16-20(23-24)17-10-4-1-5-11-17/h1-2,4-7,10-13,19,21H,3,8-9,14-16H2. The largest absolute Gasteiger partial charge is 0.273 e. The molecule has 0 aromatic heterocycles. The average molecular weight is 332 g/mol. The van der Waals surface area contributed by atoms with E-state index in [0.29, 0.717) is 0 Å². The van der Waals surface area contributed by atoms with Crippen molar-refractivity contribution in [2.45, 2.75) is 44.6 Å². The van der Waals surface area contributed by atoms with Gasteiger partial charge in [0, 0.05) is 12.3 Å². The normalized spacial score (nSPS) is 21.2. The summed E-state index contributed by atoms with van der Waals surface area (Å²) in [4.78, 5) is 13.2. The van der Waals surface area contributed by atoms with Gasteiger partial charge in [-0.3, -0.25) is 4.79 Å². The maximum absolute atomic E-state index is 13.2. The minimum Gasteiger partial charge on any atom is -0.273 e. The highest BCUT2D eigenvalue weighted by Crippen LogP contribution is 2.36. The highest BCUT2D eigenvalue weighted by molar-refractivity contribution is 6.03. The Morgan fingerprint density at radius 2 is 1.52 bits per heavy atom. The van der Waals surface area contributed by atoms with Gasteiger partial charge >= 0.3 is 0 Å². The topological polar surface area (TPSA) is 32.7 Å². The second-order valence-corrected chi connectivity index (χ2v) is 7.06. The number of hydrogen-bond donors (Lipinski definition) is 0. The van der Waals surface area contributed by atoms with Gasteiger partial charge in [0.2, 0.25) is 5.91 Å². The Kier molecular flexibility index (Phi) is 4.64. The number of nitrogens with zero attached hydrogens (tertiary/aromatic N) is 2. The monoisotopic (exact) mass is 332 g/mol. The summed E-state index contributed by atoms with van der Waals surface area (Å²) in [6, 6.07) is 20.6. The first kappa shape index (κ1) is 16.1. The lowest BCUT2D eigenvalue weighted by atomic mass is 9.88. The lowest BCUT2D eigenvalue weighted by Crippen LogP contribution is -2.33. The van der Waals surface area contributed by atoms with Crippen LogP contribution in [0.1, 0.15) is 55.7 Å². The van der Waals surface area contributed by atoms with Gasteiger partial charge < -0.3 is 0 Å². The molecule has 128 valence electrons. The van der Waals surface area contributed by atoms with Gasteiger partial charge in [-0.25, -0.2) is 5.01 Å². The highest BCUT2D eigenvalue weighted by Gasteiger charge is 2.36. The van der Waals surface area contributed by atoms with E-state index in [1.54, 1.807) is 5.01 Å². The molecule has 2 aromatic rings. The molecule has 3 heteroatoms. The summed E-state index contributed by atoms with van der Waals surface area (Å²) in [6.07, 6.45) is 6.38. The van der Waals surface area contributed by atoms with E-state index >= 15 is 0 Å². The Morgan fingerprint density at radius 1 is 0.880 bits per heavy atom. The molecular formula is C22H24N2O. The Morgan fingerprint density at radius 3 is 2.20 bits per heavy atom. The lowest BCUT2D eigenvalue weighted by molar-refractivity contribution is -0.138. The zero-order chi connectivity index (χ0) is 17.1. The Hall–Kier alpha value is -2.42. The van der Waals surface area contributed by atoms with Crippen LogP contribution in [0.3, 0.4) is 0 Å². The van der Waals surface area contributed by atoms with Crippen molar-refractivity contribution < 1.29 is 4.79 Å². The van der Waals surface area contributed by atoms with Gasteiger partial charge in [-0.05, 0) is 24.0 Å². The molecular weight excluding hydrogens is 308 g/mol. The van der Waals surface area contributed by atoms with E-state index in [2.05, 4.69) is 24.3 Å². The number of rotatable bonds is 3. The number of amides is 1. The van der Waals surface area contributed by atoms with Crippen LogP contribution in [0.15, 0.2) is 65.8 Å². The molecule has 1 aliphatic heterocycles. The Balaban J connectivity index is 1.65. The van der Waals surface area contributed by atoms with Crippen LogP contribution in [0.4, 0.5) is 0 Å². The van der Waals surface area contributed by atoms with Crippen molar-refractivity contribution >= 4 is 11.6 Å². The maximum atomic E-state index is 13.2. The molecule has 1 fully saturated rings. The van der Waals surface area contributed by atoms with Gasteiger partial charge in [0.25, 0.3) is 0 Å². The second-order valence-electron chi connectivity index (χ2n) is 7.06. The molecule has 1 aliphatic carbocycles. The molecule has 2 aromatic carbocycles. The summed E-state index contributed by atoms with van der Waals surface area (Å²) in [7, 11) is 0. The minimum absolute atomic E-state index is 0.0193. The molecule has 3 nitrogen and oxygen atoms in total. The molecule has 1 saturated carbocycles. The zero-order valence-electron chi connectivity index (χ0n) is 14.5. The van der Waals surface area contributed by atoms with Crippen molar-refractivity contribution in [1.29, 1.82) is 0 Å². The minimum atomic E-state index is 0.0193. The van der Waals surface area contributed by atoms with Crippen LogP contribution < -0.4 is 0 Å². The lowest BCUT2D eigenvalue weighted by Gasteiger charge is -2.28. The third-order valence-electron chi connectivity index (χ3n) is 5.38. The van der Waals surface area contributed by atoms with E-state index in [9.17, 15) is 4.79 Å². The first-order chi connectivity index (χ1) is 12.3. The summed E-state index contributed by atoms with van der Waals surface area (Å²) < 4.78 is 0. The van der Waals surface area contributed by atoms with Crippen molar-refractivity contribution in [1.82, 2.24) is 5.01 Å². The molecule has 0 N–H and O–H groups in total. The van der Waals surface area contributed by atoms with Crippen LogP contribution in [-0.4, -0.2) is 16.6 Å². The molecule has 4 rings (SSSR count). The van der Waals surface area contributed by atoms with Crippen LogP contribution in [0, 0.1) is 5.92 Å². The van der Waals surface area contributed by atoms with Gasteiger partial charge in [0.05, 0.1) is 11.8 Å². The first-order valence-corrected chi connectivity index (χ1v) is 9.34. The quantitative estimate of drug-likeness (QED) is 0.783. The van der Waals surface area contributed by atoms with Crippen molar-refractivity contribution in [3.63, 3.8) is 0 Å².